The maximum atomic E-state index is 5.36. The number of pyridine rings is 1. The average molecular weight is 165 g/mol. The normalized spacial score (nSPS) is 9.92. The molecule has 12 heavy (non-hydrogen) atoms. The second kappa shape index (κ2) is 4.07. The quantitative estimate of drug-likeness (QED) is 0.528. The van der Waals surface area contributed by atoms with Gasteiger partial charge in [0.25, 0.3) is 0 Å². The first-order valence-corrected chi connectivity index (χ1v) is 4.20. The number of anilines is 1. The Labute approximate surface area is 73.0 Å². The summed E-state index contributed by atoms with van der Waals surface area (Å²) in [5.41, 5.74) is 5.77. The molecule has 1 aromatic rings. The molecule has 66 valence electrons. The highest BCUT2D eigenvalue weighted by molar-refractivity contribution is 5.48. The van der Waals surface area contributed by atoms with Gasteiger partial charge in [0.1, 0.15) is 0 Å². The second-order valence-electron chi connectivity index (χ2n) is 2.90. The Morgan fingerprint density at radius 2 is 2.33 bits per heavy atom. The molecule has 3 nitrogen and oxygen atoms in total. The molecule has 0 aliphatic rings. The first-order chi connectivity index (χ1) is 5.77. The minimum absolute atomic E-state index is 0.942. The molecule has 0 aliphatic carbocycles. The fourth-order valence-electron chi connectivity index (χ4n) is 1.16. The maximum Gasteiger partial charge on any atom is 0.0704 e. The minimum atomic E-state index is 0.942. The lowest BCUT2D eigenvalue weighted by Gasteiger charge is -2.07. The molecule has 0 spiro atoms. The van der Waals surface area contributed by atoms with Crippen molar-refractivity contribution < 1.29 is 0 Å². The van der Waals surface area contributed by atoms with E-state index >= 15 is 0 Å². The number of hydrazine groups is 1. The van der Waals surface area contributed by atoms with Gasteiger partial charge in [0, 0.05) is 6.20 Å². The van der Waals surface area contributed by atoms with Crippen LogP contribution in [-0.4, -0.2) is 4.98 Å². The van der Waals surface area contributed by atoms with Gasteiger partial charge in [-0.3, -0.25) is 10.8 Å². The standard InChI is InChI=1S/C9H15N3/c1-3-4-8-9(12-10)5-7(2)6-11-8/h5-6,12H,3-4,10H2,1-2H3. The van der Waals surface area contributed by atoms with Gasteiger partial charge < -0.3 is 5.43 Å². The summed E-state index contributed by atoms with van der Waals surface area (Å²) in [6.07, 6.45) is 3.93. The van der Waals surface area contributed by atoms with Crippen LogP contribution in [0.5, 0.6) is 0 Å². The topological polar surface area (TPSA) is 50.9 Å². The second-order valence-corrected chi connectivity index (χ2v) is 2.90. The molecule has 0 saturated heterocycles. The highest BCUT2D eigenvalue weighted by Crippen LogP contribution is 2.14. The van der Waals surface area contributed by atoms with E-state index in [-0.39, 0.29) is 0 Å². The molecule has 0 fully saturated rings. The Balaban J connectivity index is 2.94. The van der Waals surface area contributed by atoms with Gasteiger partial charge in [0.2, 0.25) is 0 Å². The number of hydrogen-bond donors (Lipinski definition) is 2. The molecule has 3 heteroatoms. The predicted octanol–water partition coefficient (Wildman–Crippen LogP) is 1.63. The molecule has 0 aromatic carbocycles. The molecule has 1 aromatic heterocycles. The van der Waals surface area contributed by atoms with Crippen molar-refractivity contribution in [3.63, 3.8) is 0 Å². The number of nitrogens with one attached hydrogen (secondary N) is 1. The van der Waals surface area contributed by atoms with E-state index < -0.39 is 0 Å². The Kier molecular flexibility index (Phi) is 3.05. The summed E-state index contributed by atoms with van der Waals surface area (Å²) in [5, 5.41) is 0. The summed E-state index contributed by atoms with van der Waals surface area (Å²) >= 11 is 0. The largest absolute Gasteiger partial charge is 0.322 e. The van der Waals surface area contributed by atoms with Crippen LogP contribution < -0.4 is 11.3 Å². The molecule has 3 N–H and O–H groups in total. The third-order valence-electron chi connectivity index (χ3n) is 1.75. The van der Waals surface area contributed by atoms with Crippen LogP contribution in [0.15, 0.2) is 12.3 Å². The third kappa shape index (κ3) is 1.95. The van der Waals surface area contributed by atoms with Crippen LogP contribution >= 0.6 is 0 Å². The number of nitrogens with two attached hydrogens (primary N) is 1. The van der Waals surface area contributed by atoms with E-state index in [1.165, 1.54) is 0 Å². The summed E-state index contributed by atoms with van der Waals surface area (Å²) in [6.45, 7) is 4.13. The van der Waals surface area contributed by atoms with E-state index in [0.717, 1.165) is 29.8 Å². The van der Waals surface area contributed by atoms with E-state index in [0.29, 0.717) is 0 Å². The Bertz CT molecular complexity index is 258. The van der Waals surface area contributed by atoms with Crippen LogP contribution in [0.3, 0.4) is 0 Å². The summed E-state index contributed by atoms with van der Waals surface area (Å²) in [5.74, 6) is 5.36. The molecule has 0 unspecified atom stereocenters. The fourth-order valence-corrected chi connectivity index (χ4v) is 1.16. The van der Waals surface area contributed by atoms with Crippen LogP contribution in [0.2, 0.25) is 0 Å². The molecular formula is C9H15N3. The number of aryl methyl sites for hydroxylation is 2. The lowest BCUT2D eigenvalue weighted by atomic mass is 10.2. The minimum Gasteiger partial charge on any atom is -0.322 e. The van der Waals surface area contributed by atoms with Gasteiger partial charge >= 0.3 is 0 Å². The maximum absolute atomic E-state index is 5.36. The Hall–Kier alpha value is -1.09. The Morgan fingerprint density at radius 1 is 1.58 bits per heavy atom. The van der Waals surface area contributed by atoms with E-state index in [4.69, 9.17) is 5.84 Å². The summed E-state index contributed by atoms with van der Waals surface area (Å²) < 4.78 is 0. The lowest BCUT2D eigenvalue weighted by Crippen LogP contribution is -2.10. The molecule has 0 bridgehead atoms. The fraction of sp³-hybridized carbons (Fsp3) is 0.444. The van der Waals surface area contributed by atoms with Crippen molar-refractivity contribution in [2.75, 3.05) is 5.43 Å². The zero-order chi connectivity index (χ0) is 8.97. The van der Waals surface area contributed by atoms with Crippen molar-refractivity contribution >= 4 is 5.69 Å². The van der Waals surface area contributed by atoms with Crippen molar-refractivity contribution in [3.8, 4) is 0 Å². The van der Waals surface area contributed by atoms with Gasteiger partial charge in [-0.25, -0.2) is 0 Å². The van der Waals surface area contributed by atoms with Crippen molar-refractivity contribution in [3.05, 3.63) is 23.5 Å². The van der Waals surface area contributed by atoms with Gasteiger partial charge in [-0.05, 0) is 25.0 Å². The zero-order valence-electron chi connectivity index (χ0n) is 7.59. The molecular weight excluding hydrogens is 150 g/mol. The number of nitrogens with zero attached hydrogens (tertiary/aromatic N) is 1. The molecule has 1 heterocycles. The predicted molar refractivity (Wildman–Crippen MR) is 50.8 cm³/mol. The first kappa shape index (κ1) is 9.00. The number of aromatic nitrogens is 1. The highest BCUT2D eigenvalue weighted by Gasteiger charge is 2.00. The van der Waals surface area contributed by atoms with E-state index in [1.807, 2.05) is 19.2 Å². The smallest absolute Gasteiger partial charge is 0.0704 e. The first-order valence-electron chi connectivity index (χ1n) is 4.20. The van der Waals surface area contributed by atoms with Gasteiger partial charge in [0.15, 0.2) is 0 Å². The van der Waals surface area contributed by atoms with Crippen LogP contribution in [-0.2, 0) is 6.42 Å². The van der Waals surface area contributed by atoms with Crippen molar-refractivity contribution in [1.82, 2.24) is 4.98 Å². The Morgan fingerprint density at radius 3 is 2.92 bits per heavy atom. The summed E-state index contributed by atoms with van der Waals surface area (Å²) in [7, 11) is 0. The molecule has 0 atom stereocenters. The lowest BCUT2D eigenvalue weighted by molar-refractivity contribution is 0.880. The molecule has 0 saturated carbocycles. The van der Waals surface area contributed by atoms with Crippen LogP contribution in [0, 0.1) is 6.92 Å². The summed E-state index contributed by atoms with van der Waals surface area (Å²) in [4.78, 5) is 4.30. The molecule has 0 amide bonds. The SMILES string of the molecule is CCCc1ncc(C)cc1NN. The highest BCUT2D eigenvalue weighted by atomic mass is 15.2. The number of hydrogen-bond acceptors (Lipinski definition) is 3. The summed E-state index contributed by atoms with van der Waals surface area (Å²) in [6, 6.07) is 2.01. The van der Waals surface area contributed by atoms with Crippen LogP contribution in [0.1, 0.15) is 24.6 Å². The number of nitrogen functional groups attached to an aromatic ring is 1. The zero-order valence-corrected chi connectivity index (χ0v) is 7.59. The van der Waals surface area contributed by atoms with E-state index in [9.17, 15) is 0 Å². The third-order valence-corrected chi connectivity index (χ3v) is 1.75. The number of rotatable bonds is 3. The van der Waals surface area contributed by atoms with Gasteiger partial charge in [-0.1, -0.05) is 13.3 Å². The van der Waals surface area contributed by atoms with Crippen molar-refractivity contribution in [2.24, 2.45) is 5.84 Å². The van der Waals surface area contributed by atoms with Crippen molar-refractivity contribution in [1.29, 1.82) is 0 Å². The molecule has 0 aliphatic heterocycles. The van der Waals surface area contributed by atoms with E-state index in [2.05, 4.69) is 17.3 Å². The monoisotopic (exact) mass is 165 g/mol. The van der Waals surface area contributed by atoms with Crippen molar-refractivity contribution in [2.45, 2.75) is 26.7 Å². The van der Waals surface area contributed by atoms with Crippen LogP contribution in [0.25, 0.3) is 0 Å². The molecule has 1 rings (SSSR count). The van der Waals surface area contributed by atoms with Gasteiger partial charge in [0.05, 0.1) is 11.4 Å². The van der Waals surface area contributed by atoms with Gasteiger partial charge in [-0.15, -0.1) is 0 Å². The van der Waals surface area contributed by atoms with Gasteiger partial charge in [-0.2, -0.15) is 0 Å². The molecule has 0 radical (unpaired) electrons. The van der Waals surface area contributed by atoms with Crippen LogP contribution in [0.4, 0.5) is 5.69 Å². The van der Waals surface area contributed by atoms with E-state index in [1.54, 1.807) is 0 Å². The average Bonchev–Trinajstić information content (AvgIpc) is 2.08.